The lowest BCUT2D eigenvalue weighted by molar-refractivity contribution is 0.173. The number of hydrogen-bond donors (Lipinski definition) is 3. The number of rotatable bonds is 8. The highest BCUT2D eigenvalue weighted by atomic mass is 32.2. The van der Waals surface area contributed by atoms with Crippen LogP contribution in [0.5, 0.6) is 0 Å². The number of aromatic nitrogens is 1. The van der Waals surface area contributed by atoms with E-state index < -0.39 is 10.0 Å². The maximum absolute atomic E-state index is 12.3. The Morgan fingerprint density at radius 3 is 2.85 bits per heavy atom. The van der Waals surface area contributed by atoms with Crippen LogP contribution in [0.2, 0.25) is 0 Å². The molecule has 0 unspecified atom stereocenters. The second-order valence-electron chi connectivity index (χ2n) is 5.06. The van der Waals surface area contributed by atoms with Crippen molar-refractivity contribution in [2.24, 2.45) is 11.3 Å². The highest BCUT2D eigenvalue weighted by molar-refractivity contribution is 7.89. The first-order chi connectivity index (χ1) is 9.53. The molecule has 0 radical (unpaired) electrons. The van der Waals surface area contributed by atoms with E-state index in [2.05, 4.69) is 15.1 Å². The van der Waals surface area contributed by atoms with Gasteiger partial charge < -0.3 is 10.2 Å². The normalized spacial score (nSPS) is 16.9. The molecule has 112 valence electrons. The van der Waals surface area contributed by atoms with Crippen LogP contribution < -0.4 is 16.0 Å². The van der Waals surface area contributed by atoms with E-state index in [1.54, 1.807) is 13.2 Å². The molecule has 7 nitrogen and oxygen atoms in total. The van der Waals surface area contributed by atoms with Gasteiger partial charge in [0.2, 0.25) is 10.0 Å². The van der Waals surface area contributed by atoms with Crippen LogP contribution in [0.15, 0.2) is 23.2 Å². The minimum atomic E-state index is -3.62. The molecule has 0 saturated heterocycles. The Morgan fingerprint density at radius 1 is 1.50 bits per heavy atom. The molecule has 0 bridgehead atoms. The Labute approximate surface area is 118 Å². The maximum Gasteiger partial charge on any atom is 0.244 e. The molecule has 1 heterocycles. The van der Waals surface area contributed by atoms with E-state index in [0.717, 1.165) is 19.3 Å². The zero-order valence-electron chi connectivity index (χ0n) is 11.4. The Morgan fingerprint density at radius 2 is 2.25 bits per heavy atom. The molecule has 1 aliphatic rings. The first-order valence-corrected chi connectivity index (χ1v) is 7.92. The van der Waals surface area contributed by atoms with Gasteiger partial charge in [0.05, 0.1) is 0 Å². The zero-order chi connectivity index (χ0) is 14.6. The summed E-state index contributed by atoms with van der Waals surface area (Å²) in [6, 6.07) is 3.03. The molecule has 2 rings (SSSR count). The zero-order valence-corrected chi connectivity index (χ0v) is 12.2. The number of sulfonamides is 1. The summed E-state index contributed by atoms with van der Waals surface area (Å²) in [5.41, 5.74) is 2.34. The van der Waals surface area contributed by atoms with Crippen molar-refractivity contribution in [1.82, 2.24) is 9.71 Å². The third-order valence-electron chi connectivity index (χ3n) is 3.63. The first kappa shape index (κ1) is 15.2. The number of nitrogens with two attached hydrogens (primary N) is 1. The summed E-state index contributed by atoms with van der Waals surface area (Å²) in [4.78, 5) is 3.96. The lowest BCUT2D eigenvalue weighted by Gasteiger charge is -2.16. The molecule has 1 aromatic heterocycles. The highest BCUT2D eigenvalue weighted by Crippen LogP contribution is 2.48. The van der Waals surface area contributed by atoms with E-state index in [4.69, 9.17) is 10.6 Å². The second-order valence-corrected chi connectivity index (χ2v) is 6.80. The SMILES string of the molecule is COCCC1(CNS(=O)(=O)c2cccnc2NN)CC1. The monoisotopic (exact) mass is 300 g/mol. The van der Waals surface area contributed by atoms with Crippen LogP contribution in [0.3, 0.4) is 0 Å². The summed E-state index contributed by atoms with van der Waals surface area (Å²) < 4.78 is 32.3. The van der Waals surface area contributed by atoms with Crippen molar-refractivity contribution in [3.63, 3.8) is 0 Å². The van der Waals surface area contributed by atoms with E-state index in [9.17, 15) is 8.42 Å². The molecule has 1 aromatic rings. The largest absolute Gasteiger partial charge is 0.385 e. The first-order valence-electron chi connectivity index (χ1n) is 6.43. The number of nitrogen functional groups attached to an aromatic ring is 1. The van der Waals surface area contributed by atoms with Crippen molar-refractivity contribution in [3.05, 3.63) is 18.3 Å². The van der Waals surface area contributed by atoms with Crippen LogP contribution in [-0.2, 0) is 14.8 Å². The molecule has 20 heavy (non-hydrogen) atoms. The lowest BCUT2D eigenvalue weighted by atomic mass is 10.0. The summed E-state index contributed by atoms with van der Waals surface area (Å²) in [5.74, 6) is 5.43. The van der Waals surface area contributed by atoms with Gasteiger partial charge in [0.25, 0.3) is 0 Å². The minimum Gasteiger partial charge on any atom is -0.385 e. The fraction of sp³-hybridized carbons (Fsp3) is 0.583. The summed E-state index contributed by atoms with van der Waals surface area (Å²) in [5, 5.41) is 0. The molecule has 1 fully saturated rings. The van der Waals surface area contributed by atoms with Crippen LogP contribution in [0.4, 0.5) is 5.82 Å². The van der Waals surface area contributed by atoms with Gasteiger partial charge in [-0.25, -0.2) is 24.0 Å². The molecule has 0 spiro atoms. The molecule has 8 heteroatoms. The number of pyridine rings is 1. The Balaban J connectivity index is 2.05. The van der Waals surface area contributed by atoms with E-state index in [0.29, 0.717) is 13.2 Å². The van der Waals surface area contributed by atoms with Gasteiger partial charge in [0, 0.05) is 26.5 Å². The molecule has 0 atom stereocenters. The minimum absolute atomic E-state index is 0.0432. The Hall–Kier alpha value is -1.22. The fourth-order valence-electron chi connectivity index (χ4n) is 2.05. The summed E-state index contributed by atoms with van der Waals surface area (Å²) >= 11 is 0. The second kappa shape index (κ2) is 6.04. The van der Waals surface area contributed by atoms with Gasteiger partial charge in [-0.1, -0.05) is 0 Å². The van der Waals surface area contributed by atoms with Gasteiger partial charge >= 0.3 is 0 Å². The van der Waals surface area contributed by atoms with E-state index in [1.165, 1.54) is 12.3 Å². The maximum atomic E-state index is 12.3. The molecule has 1 saturated carbocycles. The number of nitrogens with one attached hydrogen (secondary N) is 2. The average molecular weight is 300 g/mol. The van der Waals surface area contributed by atoms with Crippen LogP contribution in [0.1, 0.15) is 19.3 Å². The average Bonchev–Trinajstić information content (AvgIpc) is 3.24. The highest BCUT2D eigenvalue weighted by Gasteiger charge is 2.42. The fourth-order valence-corrected chi connectivity index (χ4v) is 3.33. The van der Waals surface area contributed by atoms with Crippen molar-refractivity contribution >= 4 is 15.8 Å². The van der Waals surface area contributed by atoms with Gasteiger partial charge in [-0.3, -0.25) is 0 Å². The predicted octanol–water partition coefficient (Wildman–Crippen LogP) is 0.462. The predicted molar refractivity (Wildman–Crippen MR) is 75.4 cm³/mol. The van der Waals surface area contributed by atoms with Crippen LogP contribution in [0.25, 0.3) is 0 Å². The standard InChI is InChI=1S/C12H20N4O3S/c1-19-8-6-12(4-5-12)9-15-20(17,18)10-3-2-7-14-11(10)16-13/h2-3,7,15H,4-6,8-9,13H2,1H3,(H,14,16). The third kappa shape index (κ3) is 3.45. The van der Waals surface area contributed by atoms with Gasteiger partial charge in [-0.15, -0.1) is 0 Å². The van der Waals surface area contributed by atoms with Crippen molar-refractivity contribution in [1.29, 1.82) is 0 Å². The molecule has 1 aliphatic carbocycles. The van der Waals surface area contributed by atoms with E-state index in [1.807, 2.05) is 0 Å². The van der Waals surface area contributed by atoms with Gasteiger partial charge in [0.15, 0.2) is 5.82 Å². The number of hydrogen-bond acceptors (Lipinski definition) is 6. The van der Waals surface area contributed by atoms with Gasteiger partial charge in [-0.2, -0.15) is 0 Å². The summed E-state index contributed by atoms with van der Waals surface area (Å²) in [7, 11) is -1.97. The smallest absolute Gasteiger partial charge is 0.244 e. The summed E-state index contributed by atoms with van der Waals surface area (Å²) in [6.07, 6.45) is 4.39. The van der Waals surface area contributed by atoms with Crippen LogP contribution in [-0.4, -0.2) is 33.7 Å². The molecule has 4 N–H and O–H groups in total. The van der Waals surface area contributed by atoms with Crippen molar-refractivity contribution < 1.29 is 13.2 Å². The van der Waals surface area contributed by atoms with Crippen LogP contribution >= 0.6 is 0 Å². The molecule has 0 aromatic carbocycles. The quantitative estimate of drug-likeness (QED) is 0.476. The number of nitrogens with zero attached hydrogens (tertiary/aromatic N) is 1. The van der Waals surface area contributed by atoms with Crippen LogP contribution in [0, 0.1) is 5.41 Å². The Bertz CT molecular complexity index is 558. The number of ether oxygens (including phenoxy) is 1. The van der Waals surface area contributed by atoms with Crippen molar-refractivity contribution in [3.8, 4) is 0 Å². The number of hydrazine groups is 1. The molecular formula is C12H20N4O3S. The third-order valence-corrected chi connectivity index (χ3v) is 5.06. The lowest BCUT2D eigenvalue weighted by Crippen LogP contribution is -2.31. The van der Waals surface area contributed by atoms with Crippen molar-refractivity contribution in [2.45, 2.75) is 24.2 Å². The van der Waals surface area contributed by atoms with E-state index in [-0.39, 0.29) is 16.1 Å². The molecule has 0 aliphatic heterocycles. The number of anilines is 1. The van der Waals surface area contributed by atoms with Crippen molar-refractivity contribution in [2.75, 3.05) is 25.7 Å². The molecular weight excluding hydrogens is 280 g/mol. The number of methoxy groups -OCH3 is 1. The van der Waals surface area contributed by atoms with Gasteiger partial charge in [0.1, 0.15) is 4.90 Å². The topological polar surface area (TPSA) is 106 Å². The Kier molecular flexibility index (Phi) is 4.59. The van der Waals surface area contributed by atoms with E-state index >= 15 is 0 Å². The van der Waals surface area contributed by atoms with Gasteiger partial charge in [-0.05, 0) is 36.8 Å². The molecule has 0 amide bonds. The summed E-state index contributed by atoms with van der Waals surface area (Å²) in [6.45, 7) is 1.06.